The summed E-state index contributed by atoms with van der Waals surface area (Å²) in [5.41, 5.74) is 3.25. The molecule has 1 saturated carbocycles. The van der Waals surface area contributed by atoms with Gasteiger partial charge in [-0.1, -0.05) is 49.1 Å². The first-order valence-corrected chi connectivity index (χ1v) is 17.0. The molecule has 2 amide bonds. The Morgan fingerprint density at radius 2 is 1.75 bits per heavy atom. The number of rotatable bonds is 11. The van der Waals surface area contributed by atoms with E-state index in [9.17, 15) is 13.2 Å². The molecule has 2 aliphatic rings. The Morgan fingerprint density at radius 1 is 0.955 bits per heavy atom. The van der Waals surface area contributed by atoms with E-state index >= 15 is 0 Å². The molecular formula is C35H41N3O5S. The van der Waals surface area contributed by atoms with Crippen molar-refractivity contribution in [3.63, 3.8) is 0 Å². The summed E-state index contributed by atoms with van der Waals surface area (Å²) in [6.45, 7) is 5.57. The number of anilines is 1. The van der Waals surface area contributed by atoms with Gasteiger partial charge in [-0.15, -0.1) is 0 Å². The van der Waals surface area contributed by atoms with E-state index in [1.165, 1.54) is 29.7 Å². The van der Waals surface area contributed by atoms with Crippen molar-refractivity contribution in [2.45, 2.75) is 69.9 Å². The average Bonchev–Trinajstić information content (AvgIpc) is 3.44. The summed E-state index contributed by atoms with van der Waals surface area (Å²) >= 11 is 0. The van der Waals surface area contributed by atoms with Gasteiger partial charge in [-0.3, -0.25) is 4.90 Å². The van der Waals surface area contributed by atoms with E-state index in [-0.39, 0.29) is 17.0 Å². The van der Waals surface area contributed by atoms with E-state index in [4.69, 9.17) is 9.47 Å². The molecule has 1 aliphatic heterocycles. The van der Waals surface area contributed by atoms with E-state index in [0.29, 0.717) is 36.7 Å². The van der Waals surface area contributed by atoms with Crippen LogP contribution in [0.4, 0.5) is 10.5 Å². The van der Waals surface area contributed by atoms with Gasteiger partial charge in [0.15, 0.2) is 11.5 Å². The van der Waals surface area contributed by atoms with Crippen molar-refractivity contribution >= 4 is 32.6 Å². The number of carbonyl (C=O) groups is 1. The van der Waals surface area contributed by atoms with Gasteiger partial charge in [-0.25, -0.2) is 17.2 Å². The highest BCUT2D eigenvalue weighted by Crippen LogP contribution is 2.36. The second-order valence-electron chi connectivity index (χ2n) is 12.1. The van der Waals surface area contributed by atoms with Crippen molar-refractivity contribution in [3.8, 4) is 11.5 Å². The molecule has 1 atom stereocenters. The standard InChI is InChI=1S/C35H41N3O5S/c1-25-12-15-30(16-13-25)44(40,41)38-21-19-31-28(10-5-11-32(31)38)24-37-26(2)18-20-36(35(37)39)29-14-17-33(42-3)34(23-29)43-22-6-9-27-7-4-8-27/h5,10-17,19,21,23,26-27H,4,6-9,18,20,22,24H2,1-3H3/t26-/m0/s1. The minimum absolute atomic E-state index is 0.0212. The molecule has 0 N–H and O–H groups in total. The summed E-state index contributed by atoms with van der Waals surface area (Å²) in [5.74, 6) is 2.15. The summed E-state index contributed by atoms with van der Waals surface area (Å²) in [6, 6.07) is 19.9. The van der Waals surface area contributed by atoms with Crippen LogP contribution in [0, 0.1) is 12.8 Å². The normalized spacial score (nSPS) is 17.6. The number of methoxy groups -OCH3 is 1. The van der Waals surface area contributed by atoms with Crippen molar-refractivity contribution in [1.82, 2.24) is 8.87 Å². The minimum atomic E-state index is -3.77. The largest absolute Gasteiger partial charge is 0.493 e. The van der Waals surface area contributed by atoms with Gasteiger partial charge in [-0.05, 0) is 81.0 Å². The molecule has 0 spiro atoms. The molecule has 1 saturated heterocycles. The summed E-state index contributed by atoms with van der Waals surface area (Å²) in [5, 5.41) is 0.808. The molecule has 1 aromatic heterocycles. The van der Waals surface area contributed by atoms with Crippen LogP contribution in [0.25, 0.3) is 10.9 Å². The SMILES string of the molecule is COc1ccc(N2CC[C@H](C)N(Cc3cccc4c3ccn4S(=O)(=O)c3ccc(C)cc3)C2=O)cc1OCCCC1CCC1. The zero-order chi connectivity index (χ0) is 30.8. The summed E-state index contributed by atoms with van der Waals surface area (Å²) in [6.07, 6.45) is 8.60. The Kier molecular flexibility index (Phi) is 8.58. The molecule has 6 rings (SSSR count). The van der Waals surface area contributed by atoms with Crippen molar-refractivity contribution in [3.05, 3.63) is 84.1 Å². The van der Waals surface area contributed by atoms with E-state index in [2.05, 4.69) is 6.92 Å². The molecule has 9 heteroatoms. The second kappa shape index (κ2) is 12.6. The van der Waals surface area contributed by atoms with Gasteiger partial charge in [0, 0.05) is 42.5 Å². The van der Waals surface area contributed by atoms with Gasteiger partial charge >= 0.3 is 6.03 Å². The lowest BCUT2D eigenvalue weighted by Crippen LogP contribution is -2.53. The number of fused-ring (bicyclic) bond motifs is 1. The number of benzene rings is 3. The highest BCUT2D eigenvalue weighted by Gasteiger charge is 2.33. The highest BCUT2D eigenvalue weighted by atomic mass is 32.2. The lowest BCUT2D eigenvalue weighted by Gasteiger charge is -2.40. The van der Waals surface area contributed by atoms with Crippen LogP contribution in [0.3, 0.4) is 0 Å². The van der Waals surface area contributed by atoms with E-state index < -0.39 is 10.0 Å². The van der Waals surface area contributed by atoms with Crippen LogP contribution in [0.1, 0.15) is 56.6 Å². The third-order valence-electron chi connectivity index (χ3n) is 9.18. The Bertz CT molecular complexity index is 1740. The van der Waals surface area contributed by atoms with Crippen molar-refractivity contribution < 1.29 is 22.7 Å². The average molecular weight is 616 g/mol. The van der Waals surface area contributed by atoms with Crippen LogP contribution >= 0.6 is 0 Å². The molecule has 8 nitrogen and oxygen atoms in total. The molecule has 44 heavy (non-hydrogen) atoms. The predicted molar refractivity (Wildman–Crippen MR) is 173 cm³/mol. The number of urea groups is 1. The first-order valence-electron chi connectivity index (χ1n) is 15.6. The van der Waals surface area contributed by atoms with Crippen LogP contribution in [0.5, 0.6) is 11.5 Å². The number of ether oxygens (including phenoxy) is 2. The first kappa shape index (κ1) is 30.1. The number of aromatic nitrogens is 1. The fraction of sp³-hybridized carbons (Fsp3) is 0.400. The Morgan fingerprint density at radius 3 is 2.48 bits per heavy atom. The molecule has 1 aliphatic carbocycles. The summed E-state index contributed by atoms with van der Waals surface area (Å²) in [7, 11) is -2.14. The summed E-state index contributed by atoms with van der Waals surface area (Å²) < 4.78 is 40.0. The summed E-state index contributed by atoms with van der Waals surface area (Å²) in [4.78, 5) is 17.9. The molecular weight excluding hydrogens is 574 g/mol. The number of aryl methyl sites for hydroxylation is 1. The van der Waals surface area contributed by atoms with Crippen LogP contribution in [0.2, 0.25) is 0 Å². The lowest BCUT2D eigenvalue weighted by molar-refractivity contribution is 0.166. The zero-order valence-corrected chi connectivity index (χ0v) is 26.6. The third-order valence-corrected chi connectivity index (χ3v) is 10.9. The van der Waals surface area contributed by atoms with Gasteiger partial charge < -0.3 is 14.4 Å². The molecule has 2 fully saturated rings. The van der Waals surface area contributed by atoms with Crippen LogP contribution in [-0.2, 0) is 16.6 Å². The van der Waals surface area contributed by atoms with E-state index in [1.807, 2.05) is 54.3 Å². The van der Waals surface area contributed by atoms with Crippen LogP contribution in [0.15, 0.2) is 77.8 Å². The maximum Gasteiger partial charge on any atom is 0.325 e. The maximum atomic E-state index is 14.0. The van der Waals surface area contributed by atoms with Gasteiger partial charge in [0.25, 0.3) is 10.0 Å². The fourth-order valence-electron chi connectivity index (χ4n) is 6.22. The minimum Gasteiger partial charge on any atom is -0.493 e. The highest BCUT2D eigenvalue weighted by molar-refractivity contribution is 7.90. The Labute approximate surface area is 260 Å². The van der Waals surface area contributed by atoms with Gasteiger partial charge in [0.05, 0.1) is 24.1 Å². The second-order valence-corrected chi connectivity index (χ2v) is 13.9. The first-order chi connectivity index (χ1) is 21.3. The fourth-order valence-corrected chi connectivity index (χ4v) is 7.56. The van der Waals surface area contributed by atoms with Crippen LogP contribution in [-0.4, -0.2) is 49.6 Å². The molecule has 2 heterocycles. The molecule has 232 valence electrons. The van der Waals surface area contributed by atoms with Crippen LogP contribution < -0.4 is 14.4 Å². The molecule has 0 radical (unpaired) electrons. The number of carbonyl (C=O) groups excluding carboxylic acids is 1. The van der Waals surface area contributed by atoms with Crippen molar-refractivity contribution in [1.29, 1.82) is 0 Å². The predicted octanol–water partition coefficient (Wildman–Crippen LogP) is 7.38. The van der Waals surface area contributed by atoms with Crippen molar-refractivity contribution in [2.75, 3.05) is 25.2 Å². The van der Waals surface area contributed by atoms with E-state index in [1.54, 1.807) is 42.5 Å². The third kappa shape index (κ3) is 5.89. The Hall–Kier alpha value is -3.98. The quantitative estimate of drug-likeness (QED) is 0.165. The topological polar surface area (TPSA) is 81.1 Å². The number of nitrogens with zero attached hydrogens (tertiary/aromatic N) is 3. The molecule has 3 aromatic carbocycles. The lowest BCUT2D eigenvalue weighted by atomic mass is 9.82. The van der Waals surface area contributed by atoms with Gasteiger partial charge in [0.1, 0.15) is 0 Å². The van der Waals surface area contributed by atoms with E-state index in [0.717, 1.165) is 41.0 Å². The van der Waals surface area contributed by atoms with Crippen molar-refractivity contribution in [2.24, 2.45) is 5.92 Å². The zero-order valence-electron chi connectivity index (χ0n) is 25.7. The number of hydrogen-bond acceptors (Lipinski definition) is 5. The number of hydrogen-bond donors (Lipinski definition) is 0. The molecule has 4 aromatic rings. The number of amides is 2. The molecule has 0 unspecified atom stereocenters. The van der Waals surface area contributed by atoms with Gasteiger partial charge in [0.2, 0.25) is 0 Å². The Balaban J connectivity index is 1.22. The van der Waals surface area contributed by atoms with Gasteiger partial charge in [-0.2, -0.15) is 0 Å². The molecule has 0 bridgehead atoms. The monoisotopic (exact) mass is 615 g/mol. The maximum absolute atomic E-state index is 14.0. The smallest absolute Gasteiger partial charge is 0.325 e.